The van der Waals surface area contributed by atoms with Crippen molar-refractivity contribution in [3.63, 3.8) is 0 Å². The van der Waals surface area contributed by atoms with Gasteiger partial charge in [0.15, 0.2) is 0 Å². The third-order valence-corrected chi connectivity index (χ3v) is 3.92. The number of anilines is 1. The molecule has 5 N–H and O–H groups in total. The first-order chi connectivity index (χ1) is 14.7. The Morgan fingerprint density at radius 3 is 1.88 bits per heavy atom. The molecule has 14 heteroatoms. The Hall–Kier alpha value is -3.29. The molecule has 0 atom stereocenters. The van der Waals surface area contributed by atoms with Crippen molar-refractivity contribution in [3.8, 4) is 0 Å². The standard InChI is InChI=1S/C14H17N3O.2C2HF3O2/c18-14-4-1-10-9-12(2-3-13(10)17-14)16-11-5-7-15-8-6-11;2*3-2(4,5)1(6)7/h1-4,9,11,15-16H,5-8H2,(H,17,18);2*(H,6,7). The van der Waals surface area contributed by atoms with Crippen molar-refractivity contribution in [3.05, 3.63) is 40.7 Å². The number of rotatable bonds is 2. The number of alkyl halides is 6. The first-order valence-corrected chi connectivity index (χ1v) is 8.90. The van der Waals surface area contributed by atoms with Gasteiger partial charge in [-0.15, -0.1) is 0 Å². The summed E-state index contributed by atoms with van der Waals surface area (Å²) >= 11 is 0. The van der Waals surface area contributed by atoms with E-state index >= 15 is 0 Å². The van der Waals surface area contributed by atoms with Crippen LogP contribution in [-0.2, 0) is 9.59 Å². The Labute approximate surface area is 176 Å². The highest BCUT2D eigenvalue weighted by Crippen LogP contribution is 2.19. The largest absolute Gasteiger partial charge is 0.490 e. The maximum absolute atomic E-state index is 11.2. The second-order valence-electron chi connectivity index (χ2n) is 6.40. The summed E-state index contributed by atoms with van der Waals surface area (Å²) in [5.74, 6) is -5.51. The summed E-state index contributed by atoms with van der Waals surface area (Å²) in [6.45, 7) is 2.16. The number of hydrogen-bond acceptors (Lipinski definition) is 5. The fourth-order valence-corrected chi connectivity index (χ4v) is 2.45. The van der Waals surface area contributed by atoms with Gasteiger partial charge >= 0.3 is 24.3 Å². The molecule has 1 aromatic carbocycles. The van der Waals surface area contributed by atoms with Gasteiger partial charge in [-0.05, 0) is 50.2 Å². The Morgan fingerprint density at radius 2 is 1.41 bits per heavy atom. The number of piperidine rings is 1. The number of pyridine rings is 1. The van der Waals surface area contributed by atoms with Crippen LogP contribution in [0.3, 0.4) is 0 Å². The van der Waals surface area contributed by atoms with Crippen LogP contribution in [0.4, 0.5) is 32.0 Å². The summed E-state index contributed by atoms with van der Waals surface area (Å²) < 4.78 is 63.5. The highest BCUT2D eigenvalue weighted by Gasteiger charge is 2.38. The second kappa shape index (κ2) is 11.4. The maximum Gasteiger partial charge on any atom is 0.490 e. The van der Waals surface area contributed by atoms with Crippen LogP contribution >= 0.6 is 0 Å². The van der Waals surface area contributed by atoms with Gasteiger partial charge in [0.25, 0.3) is 0 Å². The van der Waals surface area contributed by atoms with Gasteiger partial charge in [-0.3, -0.25) is 4.79 Å². The summed E-state index contributed by atoms with van der Waals surface area (Å²) in [5.41, 5.74) is 1.96. The quantitative estimate of drug-likeness (QED) is 0.426. The molecule has 8 nitrogen and oxygen atoms in total. The van der Waals surface area contributed by atoms with Crippen molar-refractivity contribution in [2.24, 2.45) is 0 Å². The van der Waals surface area contributed by atoms with E-state index in [9.17, 15) is 31.1 Å². The van der Waals surface area contributed by atoms with Crippen molar-refractivity contribution in [1.29, 1.82) is 0 Å². The molecular formula is C18H19F6N3O5. The van der Waals surface area contributed by atoms with Crippen molar-refractivity contribution in [2.75, 3.05) is 18.4 Å². The first kappa shape index (κ1) is 26.7. The molecule has 1 fully saturated rings. The molecule has 2 heterocycles. The molecule has 0 radical (unpaired) electrons. The van der Waals surface area contributed by atoms with Crippen molar-refractivity contribution in [1.82, 2.24) is 10.3 Å². The lowest BCUT2D eigenvalue weighted by molar-refractivity contribution is -0.193. The fourth-order valence-electron chi connectivity index (χ4n) is 2.45. The molecule has 1 aliphatic rings. The monoisotopic (exact) mass is 471 g/mol. The van der Waals surface area contributed by atoms with Crippen molar-refractivity contribution < 1.29 is 46.1 Å². The number of benzene rings is 1. The topological polar surface area (TPSA) is 132 Å². The smallest absolute Gasteiger partial charge is 0.475 e. The van der Waals surface area contributed by atoms with Gasteiger partial charge in [-0.2, -0.15) is 26.3 Å². The number of carbonyl (C=O) groups is 2. The van der Waals surface area contributed by atoms with Crippen LogP contribution in [-0.4, -0.2) is 58.6 Å². The second-order valence-corrected chi connectivity index (χ2v) is 6.40. The van der Waals surface area contributed by atoms with Crippen molar-refractivity contribution >= 4 is 28.5 Å². The molecule has 178 valence electrons. The average Bonchev–Trinajstić information content (AvgIpc) is 2.68. The van der Waals surface area contributed by atoms with E-state index in [1.165, 1.54) is 0 Å². The molecule has 0 saturated carbocycles. The first-order valence-electron chi connectivity index (χ1n) is 8.90. The molecule has 1 aromatic heterocycles. The third-order valence-electron chi connectivity index (χ3n) is 3.92. The zero-order chi connectivity index (χ0) is 24.5. The van der Waals surface area contributed by atoms with Gasteiger partial charge in [0.05, 0.1) is 0 Å². The molecule has 0 aliphatic carbocycles. The van der Waals surface area contributed by atoms with E-state index in [-0.39, 0.29) is 5.56 Å². The van der Waals surface area contributed by atoms with Gasteiger partial charge in [0.2, 0.25) is 5.56 Å². The van der Waals surface area contributed by atoms with Crippen molar-refractivity contribution in [2.45, 2.75) is 31.2 Å². The predicted octanol–water partition coefficient (Wildman–Crippen LogP) is 2.96. The Bertz CT molecular complexity index is 944. The number of nitrogens with one attached hydrogen (secondary N) is 3. The number of halogens is 6. The lowest BCUT2D eigenvalue weighted by Crippen LogP contribution is -2.35. The van der Waals surface area contributed by atoms with Crippen LogP contribution in [0.25, 0.3) is 10.9 Å². The normalized spacial score (nSPS) is 14.4. The van der Waals surface area contributed by atoms with Gasteiger partial charge in [0, 0.05) is 28.7 Å². The number of hydrogen-bond donors (Lipinski definition) is 5. The van der Waals surface area contributed by atoms with E-state index in [0.29, 0.717) is 6.04 Å². The maximum atomic E-state index is 11.2. The number of H-pyrrole nitrogens is 1. The van der Waals surface area contributed by atoms with E-state index in [1.807, 2.05) is 18.2 Å². The average molecular weight is 471 g/mol. The molecule has 0 amide bonds. The van der Waals surface area contributed by atoms with E-state index in [4.69, 9.17) is 19.8 Å². The van der Waals surface area contributed by atoms with Crippen LogP contribution in [0.5, 0.6) is 0 Å². The molecule has 3 rings (SSSR count). The van der Waals surface area contributed by atoms with Crippen LogP contribution in [0, 0.1) is 0 Å². The molecule has 32 heavy (non-hydrogen) atoms. The van der Waals surface area contributed by atoms with Crippen LogP contribution < -0.4 is 16.2 Å². The number of aliphatic carboxylic acids is 2. The fraction of sp³-hybridized carbons (Fsp3) is 0.389. The number of aromatic nitrogens is 1. The molecule has 0 spiro atoms. The molecule has 0 unspecified atom stereocenters. The SMILES string of the molecule is O=C(O)C(F)(F)F.O=C(O)C(F)(F)F.O=c1ccc2cc(NC3CCNCC3)ccc2[nH]1. The molecule has 1 saturated heterocycles. The highest BCUT2D eigenvalue weighted by atomic mass is 19.4. The minimum absolute atomic E-state index is 0.0541. The molecular weight excluding hydrogens is 452 g/mol. The van der Waals surface area contributed by atoms with Gasteiger partial charge < -0.3 is 25.8 Å². The van der Waals surface area contributed by atoms with Gasteiger partial charge in [-0.25, -0.2) is 9.59 Å². The lowest BCUT2D eigenvalue weighted by atomic mass is 10.1. The summed E-state index contributed by atoms with van der Waals surface area (Å²) in [7, 11) is 0. The number of aromatic amines is 1. The van der Waals surface area contributed by atoms with E-state index in [0.717, 1.165) is 42.5 Å². The minimum Gasteiger partial charge on any atom is -0.475 e. The van der Waals surface area contributed by atoms with E-state index in [1.54, 1.807) is 6.07 Å². The zero-order valence-electron chi connectivity index (χ0n) is 16.2. The number of carboxylic acid groups (broad SMARTS) is 2. The lowest BCUT2D eigenvalue weighted by Gasteiger charge is -2.24. The van der Waals surface area contributed by atoms with Crippen LogP contribution in [0.1, 0.15) is 12.8 Å². The summed E-state index contributed by atoms with van der Waals surface area (Å²) in [6.07, 6.45) is -7.85. The highest BCUT2D eigenvalue weighted by molar-refractivity contribution is 5.82. The Kier molecular flexibility index (Phi) is 9.50. The van der Waals surface area contributed by atoms with E-state index in [2.05, 4.69) is 21.7 Å². The summed E-state index contributed by atoms with van der Waals surface area (Å²) in [6, 6.07) is 10.1. The van der Waals surface area contributed by atoms with Gasteiger partial charge in [-0.1, -0.05) is 0 Å². The zero-order valence-corrected chi connectivity index (χ0v) is 16.2. The number of fused-ring (bicyclic) bond motifs is 1. The predicted molar refractivity (Wildman–Crippen MR) is 101 cm³/mol. The van der Waals surface area contributed by atoms with Gasteiger partial charge in [0.1, 0.15) is 0 Å². The van der Waals surface area contributed by atoms with E-state index < -0.39 is 24.3 Å². The molecule has 1 aliphatic heterocycles. The molecule has 2 aromatic rings. The number of carboxylic acids is 2. The Morgan fingerprint density at radius 1 is 0.906 bits per heavy atom. The third kappa shape index (κ3) is 9.68. The van der Waals surface area contributed by atoms with Crippen LogP contribution in [0.2, 0.25) is 0 Å². The minimum atomic E-state index is -5.08. The molecule has 0 bridgehead atoms. The Balaban J connectivity index is 0.000000305. The van der Waals surface area contributed by atoms with Crippen LogP contribution in [0.15, 0.2) is 35.1 Å². The summed E-state index contributed by atoms with van der Waals surface area (Å²) in [4.78, 5) is 31.8. The summed E-state index contributed by atoms with van der Waals surface area (Å²) in [5, 5.41) is 22.2.